The molecule has 2 N–H and O–H groups in total. The van der Waals surface area contributed by atoms with E-state index in [-0.39, 0.29) is 6.42 Å². The largest absolute Gasteiger partial charge is 0.478 e. The number of carboxylic acid groups (broad SMARTS) is 1. The zero-order chi connectivity index (χ0) is 12.3. The summed E-state index contributed by atoms with van der Waals surface area (Å²) in [6.07, 6.45) is 0.161. The average molecular weight is 235 g/mol. The number of carbonyl (C=O) groups is 2. The number of aliphatic carboxylic acids is 1. The summed E-state index contributed by atoms with van der Waals surface area (Å²) in [4.78, 5) is 21.7. The fraction of sp³-hybridized carbons (Fsp3) is 0.333. The van der Waals surface area contributed by atoms with E-state index in [9.17, 15) is 9.59 Å². The Kier molecular flexibility index (Phi) is 3.10. The average Bonchev–Trinajstić information content (AvgIpc) is 2.99. The van der Waals surface area contributed by atoms with Crippen LogP contribution in [-0.4, -0.2) is 29.2 Å². The number of hydrogen-bond acceptors (Lipinski definition) is 4. The highest BCUT2D eigenvalue weighted by molar-refractivity contribution is 6.13. The normalized spacial score (nSPS) is 22.0. The number of rotatable bonds is 6. The molecule has 1 saturated heterocycles. The van der Waals surface area contributed by atoms with E-state index in [1.54, 1.807) is 0 Å². The molecule has 0 amide bonds. The lowest BCUT2D eigenvalue weighted by Gasteiger charge is -2.05. The number of cyclic esters (lactones) is 1. The first-order chi connectivity index (χ1) is 8.15. The van der Waals surface area contributed by atoms with Gasteiger partial charge in [0.2, 0.25) is 0 Å². The van der Waals surface area contributed by atoms with Gasteiger partial charge in [0.15, 0.2) is 0 Å². The molecule has 0 aromatic heterocycles. The van der Waals surface area contributed by atoms with Gasteiger partial charge in [-0.3, -0.25) is 0 Å². The summed E-state index contributed by atoms with van der Waals surface area (Å²) in [6, 6.07) is 9.74. The Morgan fingerprint density at radius 1 is 1.35 bits per heavy atom. The maximum absolute atomic E-state index is 10.9. The third kappa shape index (κ3) is 2.45. The minimum absolute atomic E-state index is 0.161. The van der Waals surface area contributed by atoms with Crippen LogP contribution in [-0.2, 0) is 20.9 Å². The second-order valence-corrected chi connectivity index (χ2v) is 3.93. The topological polar surface area (TPSA) is 78.9 Å². The highest BCUT2D eigenvalue weighted by Crippen LogP contribution is 2.32. The number of ether oxygens (including phenoxy) is 1. The molecular formula is C12H13NO4. The Balaban J connectivity index is 1.74. The molecule has 1 heterocycles. The van der Waals surface area contributed by atoms with E-state index in [4.69, 9.17) is 5.11 Å². The molecule has 2 rings (SSSR count). The summed E-state index contributed by atoms with van der Waals surface area (Å²) in [7, 11) is 0. The van der Waals surface area contributed by atoms with Crippen molar-refractivity contribution in [1.29, 1.82) is 0 Å². The first-order valence-corrected chi connectivity index (χ1v) is 5.37. The van der Waals surface area contributed by atoms with Gasteiger partial charge in [-0.15, -0.1) is 0 Å². The molecule has 1 aliphatic heterocycles. The molecule has 1 aromatic rings. The molecule has 1 fully saturated rings. The van der Waals surface area contributed by atoms with Crippen LogP contribution in [0.5, 0.6) is 0 Å². The minimum atomic E-state index is -1.58. The molecule has 17 heavy (non-hydrogen) atoms. The van der Waals surface area contributed by atoms with Crippen molar-refractivity contribution in [3.05, 3.63) is 35.9 Å². The second-order valence-electron chi connectivity index (χ2n) is 3.93. The van der Waals surface area contributed by atoms with Crippen LogP contribution in [0.2, 0.25) is 0 Å². The van der Waals surface area contributed by atoms with Crippen LogP contribution in [0, 0.1) is 0 Å². The second kappa shape index (κ2) is 4.55. The summed E-state index contributed by atoms with van der Waals surface area (Å²) < 4.78 is 4.54. The number of nitrogens with one attached hydrogen (secondary N) is 1. The molecule has 1 atom stereocenters. The van der Waals surface area contributed by atoms with Gasteiger partial charge >= 0.3 is 17.5 Å². The van der Waals surface area contributed by atoms with Crippen molar-refractivity contribution < 1.29 is 19.4 Å². The van der Waals surface area contributed by atoms with Gasteiger partial charge in [0.1, 0.15) is 0 Å². The van der Waals surface area contributed by atoms with Gasteiger partial charge in [0.05, 0.1) is 0 Å². The fourth-order valence-corrected chi connectivity index (χ4v) is 1.62. The van der Waals surface area contributed by atoms with Crippen LogP contribution in [0.3, 0.4) is 0 Å². The van der Waals surface area contributed by atoms with Gasteiger partial charge in [-0.2, -0.15) is 0 Å². The van der Waals surface area contributed by atoms with Gasteiger partial charge in [-0.1, -0.05) is 30.3 Å². The lowest BCUT2D eigenvalue weighted by molar-refractivity contribution is -0.143. The summed E-state index contributed by atoms with van der Waals surface area (Å²) in [5.41, 5.74) is -0.469. The van der Waals surface area contributed by atoms with Crippen LogP contribution in [0.4, 0.5) is 0 Å². The monoisotopic (exact) mass is 235 g/mol. The first kappa shape index (κ1) is 11.6. The smallest absolute Gasteiger partial charge is 0.364 e. The first-order valence-electron chi connectivity index (χ1n) is 5.37. The van der Waals surface area contributed by atoms with Crippen LogP contribution in [0.1, 0.15) is 12.0 Å². The van der Waals surface area contributed by atoms with E-state index >= 15 is 0 Å². The quantitative estimate of drug-likeness (QED) is 0.427. The third-order valence-electron chi connectivity index (χ3n) is 2.73. The van der Waals surface area contributed by atoms with Crippen LogP contribution < -0.4 is 5.32 Å². The van der Waals surface area contributed by atoms with Crippen molar-refractivity contribution in [1.82, 2.24) is 5.32 Å². The SMILES string of the molecule is O=C(O)C1(CCNCc2ccccc2)OC1=O. The van der Waals surface area contributed by atoms with Crippen LogP contribution in [0.25, 0.3) is 0 Å². The zero-order valence-corrected chi connectivity index (χ0v) is 9.18. The Hall–Kier alpha value is -1.88. The van der Waals surface area contributed by atoms with E-state index in [1.165, 1.54) is 0 Å². The molecule has 5 nitrogen and oxygen atoms in total. The highest BCUT2D eigenvalue weighted by Gasteiger charge is 2.64. The molecule has 0 saturated carbocycles. The Labute approximate surface area is 98.4 Å². The summed E-state index contributed by atoms with van der Waals surface area (Å²) in [6.45, 7) is 1.07. The van der Waals surface area contributed by atoms with Crippen molar-refractivity contribution in [2.75, 3.05) is 6.54 Å². The molecule has 0 bridgehead atoms. The molecule has 0 spiro atoms. The number of benzene rings is 1. The van der Waals surface area contributed by atoms with Gasteiger partial charge in [0.25, 0.3) is 0 Å². The standard InChI is InChI=1S/C12H13NO4/c14-10(15)12(11(16)17-12)6-7-13-8-9-4-2-1-3-5-9/h1-5,13H,6-8H2,(H,14,15). The molecule has 1 unspecified atom stereocenters. The molecule has 90 valence electrons. The number of carbonyl (C=O) groups excluding carboxylic acids is 1. The van der Waals surface area contributed by atoms with E-state index in [0.29, 0.717) is 13.1 Å². The van der Waals surface area contributed by atoms with Crippen molar-refractivity contribution in [2.24, 2.45) is 0 Å². The molecule has 1 aromatic carbocycles. The zero-order valence-electron chi connectivity index (χ0n) is 9.18. The van der Waals surface area contributed by atoms with E-state index in [2.05, 4.69) is 10.1 Å². The van der Waals surface area contributed by atoms with Crippen LogP contribution >= 0.6 is 0 Å². The highest BCUT2D eigenvalue weighted by atomic mass is 16.7. The Morgan fingerprint density at radius 2 is 2.00 bits per heavy atom. The Bertz CT molecular complexity index is 431. The maximum Gasteiger partial charge on any atom is 0.364 e. The lowest BCUT2D eigenvalue weighted by Crippen LogP contribution is -2.30. The number of carboxylic acids is 1. The fourth-order valence-electron chi connectivity index (χ4n) is 1.62. The summed E-state index contributed by atoms with van der Waals surface area (Å²) in [5, 5.41) is 11.9. The van der Waals surface area contributed by atoms with Crippen LogP contribution in [0.15, 0.2) is 30.3 Å². The van der Waals surface area contributed by atoms with E-state index in [1.807, 2.05) is 30.3 Å². The molecule has 0 radical (unpaired) electrons. The molecule has 0 aliphatic carbocycles. The molecule has 1 aliphatic rings. The van der Waals surface area contributed by atoms with Crippen molar-refractivity contribution >= 4 is 11.9 Å². The van der Waals surface area contributed by atoms with Gasteiger partial charge in [-0.25, -0.2) is 9.59 Å². The molecule has 5 heteroatoms. The van der Waals surface area contributed by atoms with Crippen molar-refractivity contribution in [3.8, 4) is 0 Å². The van der Waals surface area contributed by atoms with Gasteiger partial charge in [-0.05, 0) is 5.56 Å². The van der Waals surface area contributed by atoms with Crippen molar-refractivity contribution in [3.63, 3.8) is 0 Å². The predicted octanol–water partition coefficient (Wildman–Crippen LogP) is 0.546. The predicted molar refractivity (Wildman–Crippen MR) is 59.2 cm³/mol. The third-order valence-corrected chi connectivity index (χ3v) is 2.73. The molecular weight excluding hydrogens is 222 g/mol. The summed E-state index contributed by atoms with van der Waals surface area (Å²) >= 11 is 0. The minimum Gasteiger partial charge on any atom is -0.478 e. The Morgan fingerprint density at radius 3 is 2.53 bits per heavy atom. The number of hydrogen-bond donors (Lipinski definition) is 2. The van der Waals surface area contributed by atoms with Crippen molar-refractivity contribution in [2.45, 2.75) is 18.6 Å². The number of epoxide rings is 1. The maximum atomic E-state index is 10.9. The van der Waals surface area contributed by atoms with Gasteiger partial charge in [0, 0.05) is 19.5 Å². The van der Waals surface area contributed by atoms with Gasteiger partial charge < -0.3 is 15.2 Å². The lowest BCUT2D eigenvalue weighted by atomic mass is 10.1. The van der Waals surface area contributed by atoms with E-state index < -0.39 is 17.5 Å². The van der Waals surface area contributed by atoms with E-state index in [0.717, 1.165) is 5.56 Å². The summed E-state index contributed by atoms with van der Waals surface area (Å²) in [5.74, 6) is -1.85.